The highest BCUT2D eigenvalue weighted by Crippen LogP contribution is 2.26. The van der Waals surface area contributed by atoms with Crippen molar-refractivity contribution < 1.29 is 0 Å². The normalized spacial score (nSPS) is 12.3. The second-order valence-electron chi connectivity index (χ2n) is 4.86. The Morgan fingerprint density at radius 1 is 1.20 bits per heavy atom. The van der Waals surface area contributed by atoms with Gasteiger partial charge in [-0.2, -0.15) is 0 Å². The van der Waals surface area contributed by atoms with Crippen LogP contribution in [0.2, 0.25) is 0 Å². The minimum absolute atomic E-state index is 0.272. The minimum atomic E-state index is -0.272. The van der Waals surface area contributed by atoms with E-state index in [0.717, 1.165) is 0 Å². The average Bonchev–Trinajstić information content (AvgIpc) is 2.41. The number of fused-ring (bicyclic) bond motifs is 1. The average molecular weight is 202 g/mol. The zero-order valence-electron chi connectivity index (χ0n) is 9.81. The van der Waals surface area contributed by atoms with Crippen LogP contribution >= 0.6 is 0 Å². The zero-order chi connectivity index (χ0) is 11.2. The fourth-order valence-electron chi connectivity index (χ4n) is 1.86. The zero-order valence-corrected chi connectivity index (χ0v) is 9.81. The second-order valence-corrected chi connectivity index (χ2v) is 4.86. The van der Waals surface area contributed by atoms with Crippen molar-refractivity contribution in [2.75, 3.05) is 0 Å². The first-order valence-corrected chi connectivity index (χ1v) is 5.28. The fourth-order valence-corrected chi connectivity index (χ4v) is 1.86. The number of aryl methyl sites for hydroxylation is 2. The smallest absolute Gasteiger partial charge is 0.0458 e. The van der Waals surface area contributed by atoms with E-state index in [1.807, 2.05) is 13.8 Å². The van der Waals surface area contributed by atoms with Crippen LogP contribution in [-0.4, -0.2) is 4.98 Å². The molecule has 0 amide bonds. The molecule has 0 aliphatic carbocycles. The summed E-state index contributed by atoms with van der Waals surface area (Å²) in [5.74, 6) is 0. The highest BCUT2D eigenvalue weighted by atomic mass is 14.7. The first-order valence-electron chi connectivity index (χ1n) is 5.28. The van der Waals surface area contributed by atoms with Crippen molar-refractivity contribution in [2.24, 2.45) is 5.73 Å². The van der Waals surface area contributed by atoms with Gasteiger partial charge in [0, 0.05) is 22.1 Å². The van der Waals surface area contributed by atoms with Crippen molar-refractivity contribution >= 4 is 10.9 Å². The van der Waals surface area contributed by atoms with Crippen molar-refractivity contribution in [3.63, 3.8) is 0 Å². The summed E-state index contributed by atoms with van der Waals surface area (Å²) in [6.07, 6.45) is 0. The lowest BCUT2D eigenvalue weighted by atomic mass is 9.94. The maximum Gasteiger partial charge on any atom is 0.0458 e. The van der Waals surface area contributed by atoms with Gasteiger partial charge in [-0.1, -0.05) is 6.07 Å². The summed E-state index contributed by atoms with van der Waals surface area (Å²) in [6, 6.07) is 6.39. The molecule has 0 radical (unpaired) electrons. The third-order valence-electron chi connectivity index (χ3n) is 3.05. The Morgan fingerprint density at radius 3 is 2.47 bits per heavy atom. The van der Waals surface area contributed by atoms with Gasteiger partial charge < -0.3 is 10.7 Å². The summed E-state index contributed by atoms with van der Waals surface area (Å²) < 4.78 is 0. The van der Waals surface area contributed by atoms with Gasteiger partial charge in [-0.3, -0.25) is 0 Å². The highest BCUT2D eigenvalue weighted by Gasteiger charge is 2.15. The third-order valence-corrected chi connectivity index (χ3v) is 3.05. The quantitative estimate of drug-likeness (QED) is 0.733. The third kappa shape index (κ3) is 1.65. The maximum absolute atomic E-state index is 6.09. The molecule has 2 nitrogen and oxygen atoms in total. The van der Waals surface area contributed by atoms with Crippen molar-refractivity contribution in [2.45, 2.75) is 33.2 Å². The molecule has 1 aromatic carbocycles. The number of aromatic nitrogens is 1. The molecule has 0 aliphatic rings. The molecule has 1 heterocycles. The molecule has 2 rings (SSSR count). The first kappa shape index (κ1) is 10.2. The first-order chi connectivity index (χ1) is 6.89. The van der Waals surface area contributed by atoms with Crippen molar-refractivity contribution in [3.05, 3.63) is 35.0 Å². The molecule has 0 saturated heterocycles. The molecule has 2 heteroatoms. The van der Waals surface area contributed by atoms with Gasteiger partial charge in [0.1, 0.15) is 0 Å². The van der Waals surface area contributed by atoms with Crippen molar-refractivity contribution in [1.82, 2.24) is 4.98 Å². The Labute approximate surface area is 90.5 Å². The van der Waals surface area contributed by atoms with E-state index in [1.165, 1.54) is 27.7 Å². The lowest BCUT2D eigenvalue weighted by Gasteiger charge is -2.19. The number of aromatic amines is 1. The van der Waals surface area contributed by atoms with Crippen LogP contribution in [0.4, 0.5) is 0 Å². The molecule has 3 N–H and O–H groups in total. The molecule has 0 aliphatic heterocycles. The van der Waals surface area contributed by atoms with Gasteiger partial charge in [-0.25, -0.2) is 0 Å². The number of H-pyrrole nitrogens is 1. The molecule has 0 spiro atoms. The van der Waals surface area contributed by atoms with Gasteiger partial charge in [-0.15, -0.1) is 0 Å². The SMILES string of the molecule is Cc1[nH]c2ccc(C(C)(C)N)cc2c1C. The van der Waals surface area contributed by atoms with E-state index in [2.05, 4.69) is 37.0 Å². The van der Waals surface area contributed by atoms with E-state index in [4.69, 9.17) is 5.73 Å². The number of nitrogens with two attached hydrogens (primary N) is 1. The van der Waals surface area contributed by atoms with Crippen LogP contribution in [0, 0.1) is 13.8 Å². The summed E-state index contributed by atoms with van der Waals surface area (Å²) >= 11 is 0. The maximum atomic E-state index is 6.09. The summed E-state index contributed by atoms with van der Waals surface area (Å²) in [4.78, 5) is 3.36. The Balaban J connectivity index is 2.70. The summed E-state index contributed by atoms with van der Waals surface area (Å²) in [5.41, 5.74) is 10.7. The summed E-state index contributed by atoms with van der Waals surface area (Å²) in [5, 5.41) is 1.28. The molecule has 0 saturated carbocycles. The summed E-state index contributed by atoms with van der Waals surface area (Å²) in [7, 11) is 0. The molecule has 1 aromatic heterocycles. The number of hydrogen-bond acceptors (Lipinski definition) is 1. The molecule has 0 atom stereocenters. The Bertz CT molecular complexity index is 501. The van der Waals surface area contributed by atoms with E-state index in [1.54, 1.807) is 0 Å². The van der Waals surface area contributed by atoms with Crippen LogP contribution in [0.1, 0.15) is 30.7 Å². The van der Waals surface area contributed by atoms with E-state index >= 15 is 0 Å². The van der Waals surface area contributed by atoms with Gasteiger partial charge in [0.05, 0.1) is 0 Å². The van der Waals surface area contributed by atoms with Crippen LogP contribution in [0.3, 0.4) is 0 Å². The fraction of sp³-hybridized carbons (Fsp3) is 0.385. The lowest BCUT2D eigenvalue weighted by molar-refractivity contribution is 0.555. The molecule has 15 heavy (non-hydrogen) atoms. The minimum Gasteiger partial charge on any atom is -0.358 e. The predicted octanol–water partition coefficient (Wildman–Crippen LogP) is 2.98. The largest absolute Gasteiger partial charge is 0.358 e. The molecule has 80 valence electrons. The van der Waals surface area contributed by atoms with E-state index < -0.39 is 0 Å². The molecular formula is C13H18N2. The van der Waals surface area contributed by atoms with Gasteiger partial charge in [0.15, 0.2) is 0 Å². The number of nitrogens with one attached hydrogen (secondary N) is 1. The second kappa shape index (κ2) is 3.11. The Hall–Kier alpha value is -1.28. The monoisotopic (exact) mass is 202 g/mol. The van der Waals surface area contributed by atoms with Crippen LogP contribution in [0.25, 0.3) is 10.9 Å². The van der Waals surface area contributed by atoms with Crippen LogP contribution in [-0.2, 0) is 5.54 Å². The molecule has 0 unspecified atom stereocenters. The van der Waals surface area contributed by atoms with Crippen LogP contribution in [0.15, 0.2) is 18.2 Å². The molecule has 0 bridgehead atoms. The highest BCUT2D eigenvalue weighted by molar-refractivity contribution is 5.85. The standard InChI is InChI=1S/C13H18N2/c1-8-9(2)15-12-6-5-10(7-11(8)12)13(3,4)14/h5-7,15H,14H2,1-4H3. The van der Waals surface area contributed by atoms with Gasteiger partial charge >= 0.3 is 0 Å². The number of benzene rings is 1. The molecule has 2 aromatic rings. The van der Waals surface area contributed by atoms with Gasteiger partial charge in [0.25, 0.3) is 0 Å². The number of rotatable bonds is 1. The summed E-state index contributed by atoms with van der Waals surface area (Å²) in [6.45, 7) is 8.30. The topological polar surface area (TPSA) is 41.8 Å². The predicted molar refractivity (Wildman–Crippen MR) is 65.0 cm³/mol. The lowest BCUT2D eigenvalue weighted by Crippen LogP contribution is -2.28. The molecular weight excluding hydrogens is 184 g/mol. The van der Waals surface area contributed by atoms with Crippen LogP contribution < -0.4 is 5.73 Å². The van der Waals surface area contributed by atoms with Crippen molar-refractivity contribution in [3.8, 4) is 0 Å². The van der Waals surface area contributed by atoms with Gasteiger partial charge in [-0.05, 0) is 51.0 Å². The van der Waals surface area contributed by atoms with E-state index in [0.29, 0.717) is 0 Å². The molecule has 0 fully saturated rings. The van der Waals surface area contributed by atoms with Crippen LogP contribution in [0.5, 0.6) is 0 Å². The van der Waals surface area contributed by atoms with Gasteiger partial charge in [0.2, 0.25) is 0 Å². The van der Waals surface area contributed by atoms with Crippen molar-refractivity contribution in [1.29, 1.82) is 0 Å². The van der Waals surface area contributed by atoms with E-state index in [9.17, 15) is 0 Å². The number of hydrogen-bond donors (Lipinski definition) is 2. The Kier molecular flexibility index (Phi) is 2.12. The van der Waals surface area contributed by atoms with E-state index in [-0.39, 0.29) is 5.54 Å². The Morgan fingerprint density at radius 2 is 1.87 bits per heavy atom.